The Morgan fingerprint density at radius 3 is 2.53 bits per heavy atom. The minimum absolute atomic E-state index is 0.0127. The Hall–Kier alpha value is -1.65. The van der Waals surface area contributed by atoms with Crippen LogP contribution in [0.1, 0.15) is 37.7 Å². The molecule has 0 unspecified atom stereocenters. The van der Waals surface area contributed by atoms with Gasteiger partial charge in [0.15, 0.2) is 0 Å². The van der Waals surface area contributed by atoms with Crippen LogP contribution in [-0.2, 0) is 10.2 Å². The number of benzene rings is 1. The van der Waals surface area contributed by atoms with E-state index in [1.165, 1.54) is 12.1 Å². The molecule has 0 amide bonds. The third kappa shape index (κ3) is 2.85. The molecule has 1 aromatic rings. The predicted molar refractivity (Wildman–Crippen MR) is 65.5 cm³/mol. The summed E-state index contributed by atoms with van der Waals surface area (Å²) in [5.74, 6) is -0.875. The van der Waals surface area contributed by atoms with Gasteiger partial charge in [0, 0.05) is 0 Å². The van der Waals surface area contributed by atoms with Gasteiger partial charge in [0.25, 0.3) is 0 Å². The number of halogens is 2. The van der Waals surface area contributed by atoms with Crippen LogP contribution in [-0.4, -0.2) is 17.7 Å². The Kier molecular flexibility index (Phi) is 4.02. The molecule has 1 aliphatic carbocycles. The fraction of sp³-hybridized carbons (Fsp3) is 0.500. The standard InChI is InChI=1S/C14H16F2O3/c15-13(16)19-11-6-4-5-10(9-11)14(12(17)18)7-2-1-3-8-14/h4-6,9,13H,1-3,7-8H2,(H,17,18). The van der Waals surface area contributed by atoms with Crippen molar-refractivity contribution in [2.24, 2.45) is 0 Å². The molecule has 0 radical (unpaired) electrons. The van der Waals surface area contributed by atoms with Crippen molar-refractivity contribution >= 4 is 5.97 Å². The van der Waals surface area contributed by atoms with Crippen LogP contribution in [0, 0.1) is 0 Å². The minimum Gasteiger partial charge on any atom is -0.481 e. The van der Waals surface area contributed by atoms with Crippen LogP contribution in [0.3, 0.4) is 0 Å². The molecule has 0 spiro atoms. The third-order valence-corrected chi connectivity index (χ3v) is 3.73. The maximum Gasteiger partial charge on any atom is 0.387 e. The zero-order valence-corrected chi connectivity index (χ0v) is 10.4. The maximum atomic E-state index is 12.2. The summed E-state index contributed by atoms with van der Waals surface area (Å²) in [6.07, 6.45) is 3.78. The Morgan fingerprint density at radius 1 is 1.26 bits per heavy atom. The van der Waals surface area contributed by atoms with Crippen LogP contribution in [0.25, 0.3) is 0 Å². The number of hydrogen-bond donors (Lipinski definition) is 1. The molecule has 5 heteroatoms. The average Bonchev–Trinajstić information content (AvgIpc) is 2.39. The summed E-state index contributed by atoms with van der Waals surface area (Å²) in [5, 5.41) is 9.53. The van der Waals surface area contributed by atoms with Gasteiger partial charge in [0.1, 0.15) is 5.75 Å². The number of hydrogen-bond acceptors (Lipinski definition) is 2. The van der Waals surface area contributed by atoms with Gasteiger partial charge >= 0.3 is 12.6 Å². The first kappa shape index (κ1) is 13.8. The molecule has 0 atom stereocenters. The quantitative estimate of drug-likeness (QED) is 0.909. The van der Waals surface area contributed by atoms with E-state index in [1.807, 2.05) is 0 Å². The number of alkyl halides is 2. The highest BCUT2D eigenvalue weighted by Crippen LogP contribution is 2.40. The second-order valence-electron chi connectivity index (χ2n) is 4.85. The van der Waals surface area contributed by atoms with Crippen molar-refractivity contribution in [2.45, 2.75) is 44.1 Å². The fourth-order valence-corrected chi connectivity index (χ4v) is 2.75. The van der Waals surface area contributed by atoms with E-state index in [9.17, 15) is 18.7 Å². The van der Waals surface area contributed by atoms with Crippen molar-refractivity contribution in [3.8, 4) is 5.75 Å². The molecule has 0 saturated heterocycles. The summed E-state index contributed by atoms with van der Waals surface area (Å²) in [4.78, 5) is 11.6. The van der Waals surface area contributed by atoms with Gasteiger partial charge in [-0.1, -0.05) is 31.4 Å². The van der Waals surface area contributed by atoms with E-state index >= 15 is 0 Å². The van der Waals surface area contributed by atoms with Crippen molar-refractivity contribution in [3.63, 3.8) is 0 Å². The first-order valence-electron chi connectivity index (χ1n) is 6.33. The second kappa shape index (κ2) is 5.55. The van der Waals surface area contributed by atoms with Crippen molar-refractivity contribution < 1.29 is 23.4 Å². The lowest BCUT2D eigenvalue weighted by Crippen LogP contribution is -2.37. The second-order valence-corrected chi connectivity index (χ2v) is 4.85. The SMILES string of the molecule is O=C(O)C1(c2cccc(OC(F)F)c2)CCCCC1. The molecule has 2 rings (SSSR count). The normalized spacial score (nSPS) is 18.3. The molecule has 19 heavy (non-hydrogen) atoms. The lowest BCUT2D eigenvalue weighted by atomic mass is 9.69. The van der Waals surface area contributed by atoms with Crippen molar-refractivity contribution in [1.29, 1.82) is 0 Å². The van der Waals surface area contributed by atoms with Crippen LogP contribution >= 0.6 is 0 Å². The Morgan fingerprint density at radius 2 is 1.95 bits per heavy atom. The lowest BCUT2D eigenvalue weighted by molar-refractivity contribution is -0.145. The first-order valence-corrected chi connectivity index (χ1v) is 6.33. The predicted octanol–water partition coefficient (Wildman–Crippen LogP) is 3.57. The van der Waals surface area contributed by atoms with Gasteiger partial charge in [0.2, 0.25) is 0 Å². The maximum absolute atomic E-state index is 12.2. The molecule has 1 N–H and O–H groups in total. The van der Waals surface area contributed by atoms with Gasteiger partial charge in [-0.15, -0.1) is 0 Å². The fourth-order valence-electron chi connectivity index (χ4n) is 2.75. The highest BCUT2D eigenvalue weighted by atomic mass is 19.3. The summed E-state index contributed by atoms with van der Waals surface area (Å²) < 4.78 is 28.8. The highest BCUT2D eigenvalue weighted by Gasteiger charge is 2.41. The number of ether oxygens (including phenoxy) is 1. The van der Waals surface area contributed by atoms with E-state index in [0.29, 0.717) is 18.4 Å². The van der Waals surface area contributed by atoms with Crippen LogP contribution < -0.4 is 4.74 Å². The molecular weight excluding hydrogens is 254 g/mol. The smallest absolute Gasteiger partial charge is 0.387 e. The molecule has 1 aliphatic rings. The largest absolute Gasteiger partial charge is 0.481 e. The minimum atomic E-state index is -2.90. The lowest BCUT2D eigenvalue weighted by Gasteiger charge is -2.33. The summed E-state index contributed by atoms with van der Waals surface area (Å²) in [5.41, 5.74) is -0.405. The molecule has 1 saturated carbocycles. The zero-order valence-electron chi connectivity index (χ0n) is 10.4. The van der Waals surface area contributed by atoms with Crippen LogP contribution in [0.2, 0.25) is 0 Å². The average molecular weight is 270 g/mol. The van der Waals surface area contributed by atoms with Crippen LogP contribution in [0.15, 0.2) is 24.3 Å². The van der Waals surface area contributed by atoms with E-state index in [-0.39, 0.29) is 5.75 Å². The number of aliphatic carboxylic acids is 1. The molecule has 0 aromatic heterocycles. The van der Waals surface area contributed by atoms with E-state index in [0.717, 1.165) is 19.3 Å². The van der Waals surface area contributed by atoms with E-state index in [4.69, 9.17) is 0 Å². The van der Waals surface area contributed by atoms with Crippen LogP contribution in [0.5, 0.6) is 5.75 Å². The molecule has 0 aliphatic heterocycles. The van der Waals surface area contributed by atoms with Crippen molar-refractivity contribution in [1.82, 2.24) is 0 Å². The van der Waals surface area contributed by atoms with Crippen molar-refractivity contribution in [3.05, 3.63) is 29.8 Å². The Balaban J connectivity index is 2.34. The number of carboxylic acids is 1. The molecule has 1 fully saturated rings. The number of carboxylic acid groups (broad SMARTS) is 1. The summed E-state index contributed by atoms with van der Waals surface area (Å²) in [6.45, 7) is -2.90. The molecule has 3 nitrogen and oxygen atoms in total. The molecule has 0 bridgehead atoms. The summed E-state index contributed by atoms with van der Waals surface area (Å²) >= 11 is 0. The van der Waals surface area contributed by atoms with Gasteiger partial charge in [0.05, 0.1) is 5.41 Å². The van der Waals surface area contributed by atoms with Gasteiger partial charge in [-0.2, -0.15) is 8.78 Å². The van der Waals surface area contributed by atoms with Gasteiger partial charge in [-0.25, -0.2) is 0 Å². The summed E-state index contributed by atoms with van der Waals surface area (Å²) in [7, 11) is 0. The highest BCUT2D eigenvalue weighted by molar-refractivity contribution is 5.81. The Labute approximate surface area is 110 Å². The van der Waals surface area contributed by atoms with Gasteiger partial charge in [-0.3, -0.25) is 4.79 Å². The third-order valence-electron chi connectivity index (χ3n) is 3.73. The van der Waals surface area contributed by atoms with Crippen LogP contribution in [0.4, 0.5) is 8.78 Å². The molecular formula is C14H16F2O3. The molecule has 0 heterocycles. The molecule has 104 valence electrons. The zero-order chi connectivity index (χ0) is 13.9. The number of carbonyl (C=O) groups is 1. The van der Waals surface area contributed by atoms with Gasteiger partial charge in [-0.05, 0) is 30.5 Å². The number of rotatable bonds is 4. The monoisotopic (exact) mass is 270 g/mol. The Bertz CT molecular complexity index is 454. The molecule has 1 aromatic carbocycles. The van der Waals surface area contributed by atoms with E-state index < -0.39 is 18.0 Å². The van der Waals surface area contributed by atoms with Crippen molar-refractivity contribution in [2.75, 3.05) is 0 Å². The van der Waals surface area contributed by atoms with Gasteiger partial charge < -0.3 is 9.84 Å². The topological polar surface area (TPSA) is 46.5 Å². The van der Waals surface area contributed by atoms with E-state index in [1.54, 1.807) is 12.1 Å². The van der Waals surface area contributed by atoms with E-state index in [2.05, 4.69) is 4.74 Å². The summed E-state index contributed by atoms with van der Waals surface area (Å²) in [6, 6.07) is 6.07. The first-order chi connectivity index (χ1) is 9.04.